The fourth-order valence-corrected chi connectivity index (χ4v) is 2.67. The fraction of sp³-hybridized carbons (Fsp3) is 1.00. The molecule has 4 nitrogen and oxygen atoms in total. The Morgan fingerprint density at radius 3 is 2.20 bits per heavy atom. The summed E-state index contributed by atoms with van der Waals surface area (Å²) < 4.78 is 27.9. The summed E-state index contributed by atoms with van der Waals surface area (Å²) in [6.45, 7) is 4.46. The monoisotopic (exact) mass is 237 g/mol. The van der Waals surface area contributed by atoms with E-state index in [2.05, 4.69) is 5.32 Å². The molecule has 5 heteroatoms. The Balaban J connectivity index is 4.47. The number of methoxy groups -OCH3 is 1. The van der Waals surface area contributed by atoms with Crippen molar-refractivity contribution in [1.29, 1.82) is 0 Å². The minimum Gasteiger partial charge on any atom is -0.385 e. The van der Waals surface area contributed by atoms with Crippen LogP contribution in [0.25, 0.3) is 0 Å². The van der Waals surface area contributed by atoms with Crippen LogP contribution >= 0.6 is 0 Å². The summed E-state index contributed by atoms with van der Waals surface area (Å²) in [5.74, 6) is 0.277. The summed E-state index contributed by atoms with van der Waals surface area (Å²) in [6, 6.07) is -0.0184. The third-order valence-electron chi connectivity index (χ3n) is 2.90. The van der Waals surface area contributed by atoms with Gasteiger partial charge in [0.2, 0.25) is 0 Å². The highest BCUT2D eigenvalue weighted by Crippen LogP contribution is 2.16. The normalized spacial score (nSPS) is 18.5. The highest BCUT2D eigenvalue weighted by Gasteiger charge is 2.28. The Kier molecular flexibility index (Phi) is 6.40. The molecule has 0 saturated carbocycles. The van der Waals surface area contributed by atoms with Gasteiger partial charge >= 0.3 is 0 Å². The van der Waals surface area contributed by atoms with Crippen molar-refractivity contribution in [3.8, 4) is 0 Å². The van der Waals surface area contributed by atoms with Gasteiger partial charge in [-0.15, -0.1) is 0 Å². The molecule has 0 aromatic heterocycles. The van der Waals surface area contributed by atoms with Crippen molar-refractivity contribution in [3.05, 3.63) is 0 Å². The molecule has 15 heavy (non-hydrogen) atoms. The Bertz CT molecular complexity index is 264. The molecule has 0 radical (unpaired) electrons. The summed E-state index contributed by atoms with van der Waals surface area (Å²) in [6.07, 6.45) is 2.15. The molecule has 0 aliphatic carbocycles. The molecule has 1 N–H and O–H groups in total. The van der Waals surface area contributed by atoms with Gasteiger partial charge in [0.1, 0.15) is 0 Å². The Hall–Kier alpha value is -0.130. The molecule has 92 valence electrons. The average molecular weight is 237 g/mol. The Labute approximate surface area is 93.3 Å². The maximum absolute atomic E-state index is 11.4. The van der Waals surface area contributed by atoms with E-state index < -0.39 is 9.84 Å². The lowest BCUT2D eigenvalue weighted by Gasteiger charge is -2.28. The topological polar surface area (TPSA) is 55.4 Å². The largest absolute Gasteiger partial charge is 0.385 e. The molecule has 0 rings (SSSR count). The Morgan fingerprint density at radius 2 is 1.87 bits per heavy atom. The van der Waals surface area contributed by atoms with Crippen LogP contribution in [0.5, 0.6) is 0 Å². The van der Waals surface area contributed by atoms with Crippen molar-refractivity contribution in [2.45, 2.75) is 31.6 Å². The summed E-state index contributed by atoms with van der Waals surface area (Å²) in [7, 11) is 0.468. The van der Waals surface area contributed by atoms with Crippen LogP contribution in [-0.2, 0) is 14.6 Å². The third-order valence-corrected chi connectivity index (χ3v) is 4.55. The number of rotatable bonds is 7. The second kappa shape index (κ2) is 6.45. The third kappa shape index (κ3) is 4.95. The number of ether oxygens (including phenoxy) is 1. The highest BCUT2D eigenvalue weighted by atomic mass is 32.2. The zero-order chi connectivity index (χ0) is 12.1. The summed E-state index contributed by atoms with van der Waals surface area (Å²) in [5, 5.41) is 2.72. The van der Waals surface area contributed by atoms with Crippen molar-refractivity contribution in [2.75, 3.05) is 27.0 Å². The van der Waals surface area contributed by atoms with E-state index in [1.54, 1.807) is 21.1 Å². The number of hydrogen-bond acceptors (Lipinski definition) is 4. The first-order valence-corrected chi connectivity index (χ1v) is 7.15. The maximum atomic E-state index is 11.4. The van der Waals surface area contributed by atoms with Gasteiger partial charge in [-0.25, -0.2) is 8.42 Å². The van der Waals surface area contributed by atoms with Gasteiger partial charge in [-0.3, -0.25) is 0 Å². The molecule has 0 spiro atoms. The van der Waals surface area contributed by atoms with Crippen LogP contribution in [-0.4, -0.2) is 46.7 Å². The molecule has 0 aliphatic heterocycles. The van der Waals surface area contributed by atoms with Crippen molar-refractivity contribution in [1.82, 2.24) is 5.32 Å². The smallest absolute Gasteiger partial charge is 0.151 e. The lowest BCUT2D eigenvalue weighted by Crippen LogP contribution is -2.45. The van der Waals surface area contributed by atoms with Gasteiger partial charge in [-0.05, 0) is 26.3 Å². The van der Waals surface area contributed by atoms with Crippen molar-refractivity contribution in [2.24, 2.45) is 5.92 Å². The molecule has 0 fully saturated rings. The fourth-order valence-electron chi connectivity index (χ4n) is 1.73. The van der Waals surface area contributed by atoms with E-state index in [1.165, 1.54) is 6.26 Å². The molecule has 0 heterocycles. The zero-order valence-corrected chi connectivity index (χ0v) is 11.1. The van der Waals surface area contributed by atoms with Crippen molar-refractivity contribution in [3.63, 3.8) is 0 Å². The van der Waals surface area contributed by atoms with E-state index >= 15 is 0 Å². The number of sulfone groups is 1. The van der Waals surface area contributed by atoms with Crippen LogP contribution in [0, 0.1) is 5.92 Å². The first kappa shape index (κ1) is 14.9. The molecule has 3 unspecified atom stereocenters. The lowest BCUT2D eigenvalue weighted by molar-refractivity contribution is 0.171. The van der Waals surface area contributed by atoms with E-state index in [9.17, 15) is 8.42 Å². The first-order valence-electron chi connectivity index (χ1n) is 5.19. The predicted molar refractivity (Wildman–Crippen MR) is 62.8 cm³/mol. The van der Waals surface area contributed by atoms with Gasteiger partial charge in [0.15, 0.2) is 9.84 Å². The average Bonchev–Trinajstić information content (AvgIpc) is 2.14. The quantitative estimate of drug-likeness (QED) is 0.707. The second-order valence-corrected chi connectivity index (χ2v) is 6.51. The maximum Gasteiger partial charge on any atom is 0.151 e. The molecule has 0 aromatic rings. The minimum absolute atomic E-state index is 0.0184. The Morgan fingerprint density at radius 1 is 1.33 bits per heavy atom. The van der Waals surface area contributed by atoms with Gasteiger partial charge in [0, 0.05) is 26.0 Å². The summed E-state index contributed by atoms with van der Waals surface area (Å²) in [5.41, 5.74) is 0. The standard InChI is InChI=1S/C10H23NO3S/c1-8(6-7-14-4)10(11-3)9(2)15(5,12)13/h8-11H,6-7H2,1-5H3. The zero-order valence-electron chi connectivity index (χ0n) is 10.3. The molecule has 0 aromatic carbocycles. The van der Waals surface area contributed by atoms with Crippen LogP contribution in [0.4, 0.5) is 0 Å². The first-order chi connectivity index (χ1) is 6.84. The lowest BCUT2D eigenvalue weighted by atomic mass is 9.96. The van der Waals surface area contributed by atoms with Crippen LogP contribution in [0.2, 0.25) is 0 Å². The van der Waals surface area contributed by atoms with Crippen LogP contribution in [0.15, 0.2) is 0 Å². The van der Waals surface area contributed by atoms with Crippen molar-refractivity contribution >= 4 is 9.84 Å². The predicted octanol–water partition coefficient (Wildman–Crippen LogP) is 0.680. The molecule has 0 amide bonds. The molecular weight excluding hydrogens is 214 g/mol. The van der Waals surface area contributed by atoms with Gasteiger partial charge < -0.3 is 10.1 Å². The van der Waals surface area contributed by atoms with Gasteiger partial charge in [-0.1, -0.05) is 6.92 Å². The van der Waals surface area contributed by atoms with Gasteiger partial charge in [0.25, 0.3) is 0 Å². The van der Waals surface area contributed by atoms with Crippen LogP contribution in [0.3, 0.4) is 0 Å². The van der Waals surface area contributed by atoms with Crippen LogP contribution in [0.1, 0.15) is 20.3 Å². The van der Waals surface area contributed by atoms with E-state index in [4.69, 9.17) is 4.74 Å². The van der Waals surface area contributed by atoms with Crippen LogP contribution < -0.4 is 5.32 Å². The second-order valence-electron chi connectivity index (χ2n) is 4.11. The summed E-state index contributed by atoms with van der Waals surface area (Å²) in [4.78, 5) is 0. The van der Waals surface area contributed by atoms with E-state index in [0.717, 1.165) is 6.42 Å². The SMILES string of the molecule is CNC(C(C)CCOC)C(C)S(C)(=O)=O. The molecule has 3 atom stereocenters. The number of nitrogens with one attached hydrogen (secondary N) is 1. The molecule has 0 aliphatic rings. The van der Waals surface area contributed by atoms with E-state index in [1.807, 2.05) is 6.92 Å². The van der Waals surface area contributed by atoms with Gasteiger partial charge in [-0.2, -0.15) is 0 Å². The van der Waals surface area contributed by atoms with Gasteiger partial charge in [0.05, 0.1) is 5.25 Å². The molecular formula is C10H23NO3S. The molecule has 0 bridgehead atoms. The van der Waals surface area contributed by atoms with Crippen molar-refractivity contribution < 1.29 is 13.2 Å². The summed E-state index contributed by atoms with van der Waals surface area (Å²) >= 11 is 0. The molecule has 0 saturated heterocycles. The van der Waals surface area contributed by atoms with E-state index in [0.29, 0.717) is 6.61 Å². The minimum atomic E-state index is -2.99. The van der Waals surface area contributed by atoms with E-state index in [-0.39, 0.29) is 17.2 Å². The number of hydrogen-bond donors (Lipinski definition) is 1. The highest BCUT2D eigenvalue weighted by molar-refractivity contribution is 7.91.